The molecule has 2 aromatic carbocycles. The second-order valence-corrected chi connectivity index (χ2v) is 21.9. The van der Waals surface area contributed by atoms with Gasteiger partial charge in [-0.15, -0.1) is 0 Å². The molecule has 2 unspecified atom stereocenters. The number of nitrogens with one attached hydrogen (secondary N) is 3. The van der Waals surface area contributed by atoms with Gasteiger partial charge in [-0.3, -0.25) is 14.5 Å². The van der Waals surface area contributed by atoms with E-state index in [0.717, 1.165) is 70.6 Å². The van der Waals surface area contributed by atoms with Gasteiger partial charge in [0.2, 0.25) is 0 Å². The Labute approximate surface area is 418 Å². The Morgan fingerprint density at radius 2 is 1.01 bits per heavy atom. The summed E-state index contributed by atoms with van der Waals surface area (Å²) in [5.41, 5.74) is 4.36. The highest BCUT2D eigenvalue weighted by molar-refractivity contribution is 9.10. The lowest BCUT2D eigenvalue weighted by Gasteiger charge is -2.42. The fourth-order valence-corrected chi connectivity index (χ4v) is 10.9. The van der Waals surface area contributed by atoms with Crippen molar-refractivity contribution in [2.24, 2.45) is 11.8 Å². The van der Waals surface area contributed by atoms with Gasteiger partial charge in [0.15, 0.2) is 0 Å². The number of halogens is 1. The highest BCUT2D eigenvalue weighted by Crippen LogP contribution is 2.36. The van der Waals surface area contributed by atoms with Crippen LogP contribution in [0.25, 0.3) is 21.8 Å². The number of amides is 2. The van der Waals surface area contributed by atoms with Crippen LogP contribution in [0.1, 0.15) is 130 Å². The van der Waals surface area contributed by atoms with E-state index in [-0.39, 0.29) is 46.8 Å². The second-order valence-electron chi connectivity index (χ2n) is 20.9. The minimum absolute atomic E-state index is 0.122. The Morgan fingerprint density at radius 1 is 0.594 bits per heavy atom. The van der Waals surface area contributed by atoms with Gasteiger partial charge in [-0.2, -0.15) is 0 Å². The third-order valence-electron chi connectivity index (χ3n) is 13.7. The predicted molar refractivity (Wildman–Crippen MR) is 276 cm³/mol. The third-order valence-corrected chi connectivity index (χ3v) is 14.8. The minimum atomic E-state index is -0.503. The van der Waals surface area contributed by atoms with E-state index in [1.807, 2.05) is 48.5 Å². The number of para-hydroxylation sites is 2. The zero-order valence-electron chi connectivity index (χ0n) is 42.5. The molecule has 4 fully saturated rings. The molecule has 4 aliphatic heterocycles. The van der Waals surface area contributed by atoms with Crippen LogP contribution in [0.5, 0.6) is 0 Å². The van der Waals surface area contributed by atoms with E-state index in [1.165, 1.54) is 45.8 Å². The molecule has 0 radical (unpaired) electrons. The summed E-state index contributed by atoms with van der Waals surface area (Å²) in [4.78, 5) is 61.4. The Hall–Kier alpha value is -4.60. The van der Waals surface area contributed by atoms with E-state index in [0.29, 0.717) is 45.3 Å². The SMILES string of the molecule is CCOC(=O)C(Br)C1CCN(C(=O)OC(C)(C)C)CC1.CCOC(=O)C(C1CCN(C(=O)OC(C)(C)C)CC1)N1CCC(c2c[nH]c3ccccc23)CC1.c1ccc2c(C3CCNCC3)c[nH]c2c1. The van der Waals surface area contributed by atoms with Crippen molar-refractivity contribution in [2.45, 2.75) is 141 Å². The van der Waals surface area contributed by atoms with Crippen LogP contribution < -0.4 is 5.32 Å². The number of esters is 2. The Morgan fingerprint density at radius 3 is 1.46 bits per heavy atom. The number of carbonyl (C=O) groups excluding carboxylic acids is 4. The zero-order chi connectivity index (χ0) is 49.7. The standard InChI is InChI=1S/C27H39N3O4.C14H24BrNO4.C13H16N2/c1-5-33-25(31)24(20-12-16-30(17-13-20)26(32)34-27(2,3)4)29-14-10-19(11-15-29)22-18-28-23-9-7-6-8-21(22)23;1-5-19-12(17)11(15)10-6-8-16(9-7-10)13(18)20-14(2,3)4;1-2-4-13-11(3-1)12(9-15-13)10-5-7-14-8-6-10/h6-9,18-20,24,28H,5,10-17H2,1-4H3;10-11H,5-9H2,1-4H3;1-4,9-10,14-15H,5-8H2. The molecule has 2 amide bonds. The number of H-pyrrole nitrogens is 2. The number of aromatic nitrogens is 2. The van der Waals surface area contributed by atoms with Gasteiger partial charge in [0.1, 0.15) is 22.1 Å². The van der Waals surface area contributed by atoms with E-state index in [4.69, 9.17) is 18.9 Å². The van der Waals surface area contributed by atoms with E-state index < -0.39 is 11.2 Å². The Bertz CT molecular complexity index is 2250. The molecule has 4 aromatic rings. The van der Waals surface area contributed by atoms with Gasteiger partial charge in [-0.05, 0) is 180 Å². The van der Waals surface area contributed by atoms with E-state index in [1.54, 1.807) is 16.7 Å². The molecule has 4 aliphatic rings. The molecule has 380 valence electrons. The molecule has 3 N–H and O–H groups in total. The van der Waals surface area contributed by atoms with Crippen LogP contribution in [0.4, 0.5) is 9.59 Å². The molecule has 8 rings (SSSR count). The van der Waals surface area contributed by atoms with Gasteiger partial charge in [-0.25, -0.2) is 9.59 Å². The number of ether oxygens (including phenoxy) is 4. The van der Waals surface area contributed by atoms with E-state index in [9.17, 15) is 19.2 Å². The first-order valence-corrected chi connectivity index (χ1v) is 26.4. The number of rotatable bonds is 9. The fraction of sp³-hybridized carbons (Fsp3) is 0.630. The van der Waals surface area contributed by atoms with Crippen molar-refractivity contribution in [1.82, 2.24) is 30.0 Å². The number of benzene rings is 2. The van der Waals surface area contributed by atoms with Gasteiger partial charge < -0.3 is 44.0 Å². The van der Waals surface area contributed by atoms with Crippen molar-refractivity contribution in [1.29, 1.82) is 0 Å². The van der Waals surface area contributed by atoms with Crippen molar-refractivity contribution in [2.75, 3.05) is 65.6 Å². The van der Waals surface area contributed by atoms with Gasteiger partial charge >= 0.3 is 24.1 Å². The summed E-state index contributed by atoms with van der Waals surface area (Å²) in [6, 6.07) is 16.8. The molecule has 2 aromatic heterocycles. The number of aromatic amines is 2. The molecule has 6 heterocycles. The van der Waals surface area contributed by atoms with E-state index >= 15 is 0 Å². The zero-order valence-corrected chi connectivity index (χ0v) is 44.0. The van der Waals surface area contributed by atoms with Gasteiger partial charge in [0, 0.05) is 60.4 Å². The highest BCUT2D eigenvalue weighted by Gasteiger charge is 2.40. The molecule has 0 aliphatic carbocycles. The lowest BCUT2D eigenvalue weighted by Crippen LogP contribution is -2.53. The average molecular weight is 1020 g/mol. The van der Waals surface area contributed by atoms with Gasteiger partial charge in [-0.1, -0.05) is 52.3 Å². The van der Waals surface area contributed by atoms with E-state index in [2.05, 4.69) is 97.0 Å². The monoisotopic (exact) mass is 1020 g/mol. The maximum atomic E-state index is 13.1. The minimum Gasteiger partial charge on any atom is -0.465 e. The number of piperidine rings is 4. The number of alkyl halides is 1. The number of nitrogens with zero attached hydrogens (tertiary/aromatic N) is 3. The maximum Gasteiger partial charge on any atom is 0.410 e. The third kappa shape index (κ3) is 15.2. The Balaban J connectivity index is 0.000000188. The molecular weight excluding hydrogens is 941 g/mol. The summed E-state index contributed by atoms with van der Waals surface area (Å²) < 4.78 is 21.4. The summed E-state index contributed by atoms with van der Waals surface area (Å²) in [6.07, 6.45) is 11.5. The molecule has 0 saturated carbocycles. The lowest BCUT2D eigenvalue weighted by molar-refractivity contribution is -0.153. The maximum absolute atomic E-state index is 13.1. The van der Waals surface area contributed by atoms with Gasteiger partial charge in [0.25, 0.3) is 0 Å². The molecule has 0 spiro atoms. The summed E-state index contributed by atoms with van der Waals surface area (Å²) in [6.45, 7) is 22.2. The first kappa shape index (κ1) is 53.7. The van der Waals surface area contributed by atoms with Crippen LogP contribution in [0.15, 0.2) is 60.9 Å². The summed E-state index contributed by atoms with van der Waals surface area (Å²) in [7, 11) is 0. The van der Waals surface area contributed by atoms with Crippen molar-refractivity contribution in [3.8, 4) is 0 Å². The first-order valence-electron chi connectivity index (χ1n) is 25.5. The molecule has 15 heteroatoms. The van der Waals surface area contributed by atoms with Crippen LogP contribution in [-0.4, -0.2) is 136 Å². The van der Waals surface area contributed by atoms with Crippen LogP contribution in [-0.2, 0) is 28.5 Å². The second kappa shape index (κ2) is 25.0. The first-order chi connectivity index (χ1) is 33.0. The van der Waals surface area contributed by atoms with Gasteiger partial charge in [0.05, 0.1) is 13.2 Å². The molecule has 14 nitrogen and oxygen atoms in total. The molecule has 0 bridgehead atoms. The fourth-order valence-electron chi connectivity index (χ4n) is 10.2. The molecule has 4 saturated heterocycles. The summed E-state index contributed by atoms with van der Waals surface area (Å²) in [5.74, 6) is 1.27. The van der Waals surface area contributed by atoms with Crippen molar-refractivity contribution in [3.63, 3.8) is 0 Å². The van der Waals surface area contributed by atoms with Crippen LogP contribution >= 0.6 is 15.9 Å². The number of fused-ring (bicyclic) bond motifs is 2. The normalized spacial score (nSPS) is 19.1. The Kier molecular flexibility index (Phi) is 19.5. The molecular formula is C54H79BrN6O8. The topological polar surface area (TPSA) is 159 Å². The van der Waals surface area contributed by atoms with Crippen molar-refractivity contribution >= 4 is 61.9 Å². The summed E-state index contributed by atoms with van der Waals surface area (Å²) >= 11 is 3.40. The largest absolute Gasteiger partial charge is 0.465 e. The number of carbonyl (C=O) groups is 4. The molecule has 69 heavy (non-hydrogen) atoms. The van der Waals surface area contributed by atoms with Crippen molar-refractivity contribution < 1.29 is 38.1 Å². The van der Waals surface area contributed by atoms with Crippen LogP contribution in [0, 0.1) is 11.8 Å². The average Bonchev–Trinajstić information content (AvgIpc) is 3.97. The number of hydrogen-bond donors (Lipinski definition) is 3. The van der Waals surface area contributed by atoms with Crippen molar-refractivity contribution in [3.05, 3.63) is 72.1 Å². The highest BCUT2D eigenvalue weighted by atomic mass is 79.9. The molecule has 2 atom stereocenters. The smallest absolute Gasteiger partial charge is 0.410 e. The predicted octanol–water partition coefficient (Wildman–Crippen LogP) is 10.5. The summed E-state index contributed by atoms with van der Waals surface area (Å²) in [5, 5.41) is 6.12. The quantitative estimate of drug-likeness (QED) is 0.0837. The van der Waals surface area contributed by atoms with Crippen LogP contribution in [0.3, 0.4) is 0 Å². The van der Waals surface area contributed by atoms with Crippen LogP contribution in [0.2, 0.25) is 0 Å². The lowest BCUT2D eigenvalue weighted by atomic mass is 9.84. The number of hydrogen-bond acceptors (Lipinski definition) is 10. The number of likely N-dealkylation sites (tertiary alicyclic amines) is 3.